The number of nitrogens with two attached hydrogens (primary N) is 1. The smallest absolute Gasteiger partial charge is 0.311 e. The molecule has 2 unspecified atom stereocenters. The molecule has 0 aromatic carbocycles. The van der Waals surface area contributed by atoms with Crippen molar-refractivity contribution < 1.29 is 4.74 Å². The number of hydrogen-bond acceptors (Lipinski definition) is 6. The molecule has 6 nitrogen and oxygen atoms in total. The van der Waals surface area contributed by atoms with E-state index in [1.165, 1.54) is 0 Å². The van der Waals surface area contributed by atoms with Crippen molar-refractivity contribution in [1.82, 2.24) is 14.5 Å². The van der Waals surface area contributed by atoms with Gasteiger partial charge in [-0.2, -0.15) is 4.98 Å². The van der Waals surface area contributed by atoms with Crippen LogP contribution < -0.4 is 10.6 Å². The third-order valence-electron chi connectivity index (χ3n) is 3.36. The molecule has 0 radical (unpaired) electrons. The number of rotatable bonds is 3. The van der Waals surface area contributed by atoms with Crippen molar-refractivity contribution in [2.45, 2.75) is 44.9 Å². The minimum absolute atomic E-state index is 0.0583. The first-order valence-electron chi connectivity index (χ1n) is 6.48. The van der Waals surface area contributed by atoms with E-state index in [4.69, 9.17) is 10.5 Å². The standard InChI is InChI=1S/C12H16N4O2S/c1-2-3-7-4-5-9(18-7)16-10-8(19-12(16)17)6-14-11(13)15-10/h6-7,9H,2-5H2,1H3,(H2,13,14,15). The predicted molar refractivity (Wildman–Crippen MR) is 74.1 cm³/mol. The summed E-state index contributed by atoms with van der Waals surface area (Å²) in [5, 5.41) is 0. The van der Waals surface area contributed by atoms with Crippen molar-refractivity contribution in [3.8, 4) is 0 Å². The van der Waals surface area contributed by atoms with Gasteiger partial charge in [-0.15, -0.1) is 0 Å². The van der Waals surface area contributed by atoms with Gasteiger partial charge in [0.1, 0.15) is 6.23 Å². The Balaban J connectivity index is 1.99. The zero-order valence-corrected chi connectivity index (χ0v) is 11.5. The molecule has 0 aliphatic carbocycles. The monoisotopic (exact) mass is 280 g/mol. The summed E-state index contributed by atoms with van der Waals surface area (Å²) in [7, 11) is 0. The van der Waals surface area contributed by atoms with Gasteiger partial charge in [0.2, 0.25) is 5.95 Å². The van der Waals surface area contributed by atoms with Gasteiger partial charge in [-0.25, -0.2) is 4.98 Å². The van der Waals surface area contributed by atoms with Crippen molar-refractivity contribution in [2.24, 2.45) is 0 Å². The van der Waals surface area contributed by atoms with Crippen LogP contribution in [-0.2, 0) is 4.74 Å². The summed E-state index contributed by atoms with van der Waals surface area (Å²) >= 11 is 1.14. The molecule has 1 saturated heterocycles. The quantitative estimate of drug-likeness (QED) is 0.928. The summed E-state index contributed by atoms with van der Waals surface area (Å²) in [6, 6.07) is 0. The van der Waals surface area contributed by atoms with Crippen LogP contribution in [0.4, 0.5) is 5.95 Å². The normalized spacial score (nSPS) is 23.2. The Hall–Kier alpha value is -1.47. The van der Waals surface area contributed by atoms with E-state index >= 15 is 0 Å². The molecule has 1 fully saturated rings. The van der Waals surface area contributed by atoms with Crippen LogP contribution in [0.1, 0.15) is 38.8 Å². The maximum atomic E-state index is 12.1. The van der Waals surface area contributed by atoms with Gasteiger partial charge in [0.15, 0.2) is 5.65 Å². The van der Waals surface area contributed by atoms with Gasteiger partial charge < -0.3 is 10.5 Å². The first kappa shape index (κ1) is 12.6. The average molecular weight is 280 g/mol. The summed E-state index contributed by atoms with van der Waals surface area (Å²) in [4.78, 5) is 20.1. The lowest BCUT2D eigenvalue weighted by atomic mass is 10.1. The Bertz CT molecular complexity index is 651. The highest BCUT2D eigenvalue weighted by atomic mass is 32.1. The number of anilines is 1. The van der Waals surface area contributed by atoms with Gasteiger partial charge in [0.25, 0.3) is 0 Å². The van der Waals surface area contributed by atoms with Gasteiger partial charge in [-0.3, -0.25) is 9.36 Å². The number of aromatic nitrogens is 3. The molecular weight excluding hydrogens is 264 g/mol. The number of ether oxygens (including phenoxy) is 1. The lowest BCUT2D eigenvalue weighted by Gasteiger charge is -2.14. The molecule has 0 amide bonds. The van der Waals surface area contributed by atoms with E-state index < -0.39 is 0 Å². The molecule has 0 spiro atoms. The van der Waals surface area contributed by atoms with E-state index in [2.05, 4.69) is 16.9 Å². The van der Waals surface area contributed by atoms with Gasteiger partial charge in [0.05, 0.1) is 17.0 Å². The maximum Gasteiger partial charge on any atom is 0.311 e. The topological polar surface area (TPSA) is 83.0 Å². The molecule has 102 valence electrons. The summed E-state index contributed by atoms with van der Waals surface area (Å²) in [5.41, 5.74) is 6.19. The second kappa shape index (κ2) is 4.90. The highest BCUT2D eigenvalue weighted by Crippen LogP contribution is 2.32. The van der Waals surface area contributed by atoms with Gasteiger partial charge in [-0.05, 0) is 19.3 Å². The zero-order chi connectivity index (χ0) is 13.4. The van der Waals surface area contributed by atoms with Crippen LogP contribution in [0.2, 0.25) is 0 Å². The van der Waals surface area contributed by atoms with E-state index in [-0.39, 0.29) is 23.2 Å². The molecule has 0 bridgehead atoms. The van der Waals surface area contributed by atoms with E-state index in [1.54, 1.807) is 10.8 Å². The Kier molecular flexibility index (Phi) is 3.24. The molecule has 2 atom stereocenters. The third-order valence-corrected chi connectivity index (χ3v) is 4.24. The summed E-state index contributed by atoms with van der Waals surface area (Å²) < 4.78 is 8.31. The molecule has 2 aromatic heterocycles. The van der Waals surface area contributed by atoms with Gasteiger partial charge in [-0.1, -0.05) is 24.7 Å². The van der Waals surface area contributed by atoms with Crippen LogP contribution in [0.15, 0.2) is 11.0 Å². The number of nitrogens with zero attached hydrogens (tertiary/aromatic N) is 3. The first-order valence-corrected chi connectivity index (χ1v) is 7.29. The molecule has 19 heavy (non-hydrogen) atoms. The van der Waals surface area contributed by atoms with E-state index in [0.29, 0.717) is 5.65 Å². The minimum Gasteiger partial charge on any atom is -0.368 e. The van der Waals surface area contributed by atoms with Crippen LogP contribution in [0, 0.1) is 0 Å². The molecular formula is C12H16N4O2S. The van der Waals surface area contributed by atoms with E-state index in [9.17, 15) is 4.79 Å². The van der Waals surface area contributed by atoms with Crippen molar-refractivity contribution in [2.75, 3.05) is 5.73 Å². The molecule has 2 N–H and O–H groups in total. The average Bonchev–Trinajstić information content (AvgIpc) is 2.93. The Morgan fingerprint density at radius 1 is 1.58 bits per heavy atom. The van der Waals surface area contributed by atoms with Crippen molar-refractivity contribution in [3.63, 3.8) is 0 Å². The number of thiazole rings is 1. The van der Waals surface area contributed by atoms with Crippen LogP contribution in [0.3, 0.4) is 0 Å². The molecule has 3 rings (SSSR count). The third kappa shape index (κ3) is 2.23. The highest BCUT2D eigenvalue weighted by Gasteiger charge is 2.29. The van der Waals surface area contributed by atoms with Crippen LogP contribution in [0.25, 0.3) is 10.3 Å². The summed E-state index contributed by atoms with van der Waals surface area (Å²) in [6.07, 6.45) is 5.58. The Labute approximate surface area is 114 Å². The molecule has 2 aromatic rings. The number of nitrogen functional groups attached to an aromatic ring is 1. The lowest BCUT2D eigenvalue weighted by molar-refractivity contribution is -0.000429. The SMILES string of the molecule is CCCC1CCC(n2c(=O)sc3cnc(N)nc32)O1. The number of fused-ring (bicyclic) bond motifs is 1. The Morgan fingerprint density at radius 2 is 2.42 bits per heavy atom. The van der Waals surface area contributed by atoms with Crippen molar-refractivity contribution in [1.29, 1.82) is 0 Å². The molecule has 1 aliphatic rings. The van der Waals surface area contributed by atoms with E-state index in [1.807, 2.05) is 0 Å². The highest BCUT2D eigenvalue weighted by molar-refractivity contribution is 7.16. The molecule has 1 aliphatic heterocycles. The first-order chi connectivity index (χ1) is 9.19. The van der Waals surface area contributed by atoms with Gasteiger partial charge in [0, 0.05) is 0 Å². The minimum atomic E-state index is -0.216. The number of hydrogen-bond donors (Lipinski definition) is 1. The zero-order valence-electron chi connectivity index (χ0n) is 10.7. The van der Waals surface area contributed by atoms with Crippen molar-refractivity contribution in [3.05, 3.63) is 15.9 Å². The molecule has 7 heteroatoms. The van der Waals surface area contributed by atoms with Crippen LogP contribution in [0.5, 0.6) is 0 Å². The van der Waals surface area contributed by atoms with Crippen LogP contribution in [-0.4, -0.2) is 20.6 Å². The predicted octanol–water partition coefficient (Wildman–Crippen LogP) is 1.91. The fourth-order valence-electron chi connectivity index (χ4n) is 2.51. The van der Waals surface area contributed by atoms with Crippen molar-refractivity contribution >= 4 is 27.6 Å². The molecule has 0 saturated carbocycles. The lowest BCUT2D eigenvalue weighted by Crippen LogP contribution is -2.20. The van der Waals surface area contributed by atoms with Crippen LogP contribution >= 0.6 is 11.3 Å². The summed E-state index contributed by atoms with van der Waals surface area (Å²) in [6.45, 7) is 2.14. The summed E-state index contributed by atoms with van der Waals surface area (Å²) in [5.74, 6) is 0.183. The second-order valence-electron chi connectivity index (χ2n) is 4.73. The Morgan fingerprint density at radius 3 is 3.21 bits per heavy atom. The fraction of sp³-hybridized carbons (Fsp3) is 0.583. The maximum absolute atomic E-state index is 12.1. The fourth-order valence-corrected chi connectivity index (χ4v) is 3.35. The molecule has 3 heterocycles. The largest absolute Gasteiger partial charge is 0.368 e. The second-order valence-corrected chi connectivity index (χ2v) is 5.73. The van der Waals surface area contributed by atoms with Gasteiger partial charge >= 0.3 is 4.87 Å². The van der Waals surface area contributed by atoms with E-state index in [0.717, 1.165) is 41.7 Å².